The normalized spacial score (nSPS) is 9.54. The van der Waals surface area contributed by atoms with Crippen LogP contribution in [0.1, 0.15) is 0 Å². The number of methoxy groups -OCH3 is 2. The molecule has 3 nitrogen and oxygen atoms in total. The first-order valence-corrected chi connectivity index (χ1v) is 4.21. The first-order valence-electron chi connectivity index (χ1n) is 3.53. The van der Waals surface area contributed by atoms with Crippen LogP contribution in [0.4, 0.5) is 5.69 Å². The Bertz CT molecular complexity index is 291. The van der Waals surface area contributed by atoms with Crippen LogP contribution in [0.15, 0.2) is 18.2 Å². The number of anilines is 1. The zero-order valence-corrected chi connectivity index (χ0v) is 8.76. The standard InChI is InChI=1S/C8H9Cl2NO2/c1-12-7-5-3-4-6(11(9)10)8(7)13-2/h3-5H,1-2H3. The van der Waals surface area contributed by atoms with Gasteiger partial charge in [0.15, 0.2) is 11.5 Å². The van der Waals surface area contributed by atoms with Gasteiger partial charge in [-0.25, -0.2) is 0 Å². The van der Waals surface area contributed by atoms with Gasteiger partial charge in [-0.1, -0.05) is 6.07 Å². The van der Waals surface area contributed by atoms with E-state index in [1.807, 2.05) is 0 Å². The second-order valence-corrected chi connectivity index (χ2v) is 3.09. The van der Waals surface area contributed by atoms with Gasteiger partial charge in [-0.3, -0.25) is 0 Å². The highest BCUT2D eigenvalue weighted by molar-refractivity contribution is 6.49. The molecule has 0 spiro atoms. The Balaban J connectivity index is 3.19. The van der Waals surface area contributed by atoms with Crippen molar-refractivity contribution >= 4 is 29.2 Å². The van der Waals surface area contributed by atoms with Crippen LogP contribution < -0.4 is 13.4 Å². The Morgan fingerprint density at radius 2 is 1.85 bits per heavy atom. The molecule has 0 amide bonds. The summed E-state index contributed by atoms with van der Waals surface area (Å²) in [4.78, 5) is 0. The maximum absolute atomic E-state index is 5.58. The number of hydrogen-bond donors (Lipinski definition) is 0. The van der Waals surface area contributed by atoms with Gasteiger partial charge in [-0.05, 0) is 12.1 Å². The molecule has 72 valence electrons. The van der Waals surface area contributed by atoms with Gasteiger partial charge in [0.05, 0.1) is 14.2 Å². The summed E-state index contributed by atoms with van der Waals surface area (Å²) in [6, 6.07) is 5.26. The molecule has 0 aromatic heterocycles. The van der Waals surface area contributed by atoms with E-state index in [0.29, 0.717) is 17.2 Å². The van der Waals surface area contributed by atoms with Crippen molar-refractivity contribution in [2.24, 2.45) is 0 Å². The van der Waals surface area contributed by atoms with Crippen molar-refractivity contribution in [3.63, 3.8) is 0 Å². The monoisotopic (exact) mass is 221 g/mol. The summed E-state index contributed by atoms with van der Waals surface area (Å²) in [6.45, 7) is 0. The first kappa shape index (κ1) is 10.3. The molecule has 0 heterocycles. The second-order valence-electron chi connectivity index (χ2n) is 2.25. The van der Waals surface area contributed by atoms with Gasteiger partial charge in [0.1, 0.15) is 5.69 Å². The Morgan fingerprint density at radius 1 is 1.15 bits per heavy atom. The van der Waals surface area contributed by atoms with Crippen molar-refractivity contribution < 1.29 is 9.47 Å². The lowest BCUT2D eigenvalue weighted by Crippen LogP contribution is -1.98. The largest absolute Gasteiger partial charge is 0.493 e. The van der Waals surface area contributed by atoms with Gasteiger partial charge >= 0.3 is 0 Å². The molecule has 0 bridgehead atoms. The molecule has 0 aliphatic rings. The summed E-state index contributed by atoms with van der Waals surface area (Å²) in [5.74, 6) is 1.10. The Kier molecular flexibility index (Phi) is 3.51. The van der Waals surface area contributed by atoms with Crippen LogP contribution in [0, 0.1) is 0 Å². The van der Waals surface area contributed by atoms with Gasteiger partial charge in [0, 0.05) is 23.6 Å². The van der Waals surface area contributed by atoms with Crippen LogP contribution in [0.25, 0.3) is 0 Å². The molecule has 0 aliphatic carbocycles. The van der Waals surface area contributed by atoms with Gasteiger partial charge < -0.3 is 9.47 Å². The molecule has 1 aromatic rings. The fraction of sp³-hybridized carbons (Fsp3) is 0.250. The summed E-state index contributed by atoms with van der Waals surface area (Å²) >= 11 is 11.2. The molecule has 1 rings (SSSR count). The smallest absolute Gasteiger partial charge is 0.186 e. The number of rotatable bonds is 3. The predicted molar refractivity (Wildman–Crippen MR) is 53.7 cm³/mol. The summed E-state index contributed by atoms with van der Waals surface area (Å²) < 4.78 is 11.1. The lowest BCUT2D eigenvalue weighted by Gasteiger charge is -2.13. The van der Waals surface area contributed by atoms with Crippen LogP contribution in [-0.4, -0.2) is 14.2 Å². The van der Waals surface area contributed by atoms with Crippen molar-refractivity contribution in [1.29, 1.82) is 0 Å². The number of nitrogens with zero attached hydrogens (tertiary/aromatic N) is 1. The summed E-state index contributed by atoms with van der Waals surface area (Å²) in [5, 5.41) is 0. The van der Waals surface area contributed by atoms with Crippen molar-refractivity contribution in [3.05, 3.63) is 18.2 Å². The molecule has 0 aliphatic heterocycles. The zero-order valence-electron chi connectivity index (χ0n) is 7.25. The molecule has 0 radical (unpaired) electrons. The van der Waals surface area contributed by atoms with Crippen LogP contribution in [0.3, 0.4) is 0 Å². The SMILES string of the molecule is COc1cccc(N(Cl)Cl)c1OC. The molecule has 13 heavy (non-hydrogen) atoms. The van der Waals surface area contributed by atoms with E-state index < -0.39 is 0 Å². The highest BCUT2D eigenvalue weighted by Crippen LogP contribution is 2.38. The maximum atomic E-state index is 5.58. The molecule has 0 atom stereocenters. The molecule has 0 saturated carbocycles. The lowest BCUT2D eigenvalue weighted by molar-refractivity contribution is 0.356. The van der Waals surface area contributed by atoms with Crippen molar-refractivity contribution in [2.75, 3.05) is 18.2 Å². The van der Waals surface area contributed by atoms with Crippen LogP contribution >= 0.6 is 23.6 Å². The van der Waals surface area contributed by atoms with E-state index in [1.165, 1.54) is 7.11 Å². The van der Waals surface area contributed by atoms with Crippen molar-refractivity contribution in [1.82, 2.24) is 0 Å². The van der Waals surface area contributed by atoms with E-state index in [9.17, 15) is 0 Å². The highest BCUT2D eigenvalue weighted by atomic mass is 35.5. The average molecular weight is 222 g/mol. The van der Waals surface area contributed by atoms with Crippen molar-refractivity contribution in [3.8, 4) is 11.5 Å². The topological polar surface area (TPSA) is 21.7 Å². The van der Waals surface area contributed by atoms with Gasteiger partial charge in [0.2, 0.25) is 0 Å². The molecular formula is C8H9Cl2NO2. The molecule has 0 fully saturated rings. The summed E-state index contributed by atoms with van der Waals surface area (Å²) in [6.07, 6.45) is 0. The quantitative estimate of drug-likeness (QED) is 0.734. The minimum atomic E-state index is 0.509. The lowest BCUT2D eigenvalue weighted by atomic mass is 10.3. The molecule has 0 saturated heterocycles. The zero-order chi connectivity index (χ0) is 9.84. The molecular weight excluding hydrogens is 213 g/mol. The summed E-state index contributed by atoms with van der Waals surface area (Å²) in [5.41, 5.74) is 0.546. The third-order valence-electron chi connectivity index (χ3n) is 1.56. The number of ether oxygens (including phenoxy) is 2. The molecule has 0 N–H and O–H groups in total. The van der Waals surface area contributed by atoms with Crippen LogP contribution in [0.2, 0.25) is 0 Å². The predicted octanol–water partition coefficient (Wildman–Crippen LogP) is 2.82. The highest BCUT2D eigenvalue weighted by Gasteiger charge is 2.12. The van der Waals surface area contributed by atoms with Gasteiger partial charge in [0.25, 0.3) is 0 Å². The number of halogens is 2. The van der Waals surface area contributed by atoms with Crippen LogP contribution in [-0.2, 0) is 0 Å². The summed E-state index contributed by atoms with van der Waals surface area (Å²) in [7, 11) is 3.08. The molecule has 0 unspecified atom stereocenters. The Labute approximate surface area is 87.0 Å². The number of hydrogen-bond acceptors (Lipinski definition) is 3. The van der Waals surface area contributed by atoms with Crippen molar-refractivity contribution in [2.45, 2.75) is 0 Å². The van der Waals surface area contributed by atoms with Gasteiger partial charge in [-0.15, -0.1) is 0 Å². The Morgan fingerprint density at radius 3 is 2.31 bits per heavy atom. The van der Waals surface area contributed by atoms with E-state index in [1.54, 1.807) is 25.3 Å². The number of para-hydroxylation sites is 1. The van der Waals surface area contributed by atoms with E-state index in [-0.39, 0.29) is 0 Å². The van der Waals surface area contributed by atoms with E-state index in [2.05, 4.69) is 0 Å². The molecule has 5 heteroatoms. The Hall–Kier alpha value is -0.800. The van der Waals surface area contributed by atoms with Crippen LogP contribution in [0.5, 0.6) is 11.5 Å². The van der Waals surface area contributed by atoms with E-state index >= 15 is 0 Å². The first-order chi connectivity index (χ1) is 6.20. The van der Waals surface area contributed by atoms with E-state index in [4.69, 9.17) is 33.0 Å². The minimum absolute atomic E-state index is 0.509. The van der Waals surface area contributed by atoms with E-state index in [0.717, 1.165) is 3.94 Å². The minimum Gasteiger partial charge on any atom is -0.493 e. The fourth-order valence-corrected chi connectivity index (χ4v) is 1.27. The third kappa shape index (κ3) is 2.11. The average Bonchev–Trinajstić information content (AvgIpc) is 2.16. The number of benzene rings is 1. The fourth-order valence-electron chi connectivity index (χ4n) is 1.00. The third-order valence-corrected chi connectivity index (χ3v) is 1.93. The van der Waals surface area contributed by atoms with Gasteiger partial charge in [-0.2, -0.15) is 3.94 Å². The maximum Gasteiger partial charge on any atom is 0.186 e. The second kappa shape index (κ2) is 4.44. The molecule has 1 aromatic carbocycles.